The summed E-state index contributed by atoms with van der Waals surface area (Å²) in [7, 11) is -3.70. The topological polar surface area (TPSA) is 95.8 Å². The van der Waals surface area contributed by atoms with Crippen LogP contribution in [0.1, 0.15) is 19.8 Å². The van der Waals surface area contributed by atoms with Crippen LogP contribution in [-0.4, -0.2) is 72.3 Å². The van der Waals surface area contributed by atoms with Gasteiger partial charge in [-0.25, -0.2) is 13.4 Å². The lowest BCUT2D eigenvalue weighted by Gasteiger charge is -2.36. The number of nitrogens with zero attached hydrogens (tertiary/aromatic N) is 5. The van der Waals surface area contributed by atoms with Gasteiger partial charge in [0.1, 0.15) is 6.54 Å². The standard InChI is InChI=1S/C26H31N5O4S/c1-20-9-11-31(12-10-20)36(34,35)22-7-8-24-23(17-22)26(33)30(19-27-24)18-25(32)29-15-13-28(14-16-29)21-5-3-2-4-6-21/h2-8,17,19-20H,9-16,18H2,1H3. The van der Waals surface area contributed by atoms with E-state index in [-0.39, 0.29) is 22.7 Å². The second-order valence-electron chi connectivity index (χ2n) is 9.65. The van der Waals surface area contributed by atoms with Crippen LogP contribution in [0.25, 0.3) is 10.9 Å². The third-order valence-corrected chi connectivity index (χ3v) is 9.13. The van der Waals surface area contributed by atoms with E-state index in [1.54, 1.807) is 11.0 Å². The summed E-state index contributed by atoms with van der Waals surface area (Å²) in [5.74, 6) is 0.348. The van der Waals surface area contributed by atoms with Crippen LogP contribution in [0, 0.1) is 5.92 Å². The van der Waals surface area contributed by atoms with Crippen LogP contribution in [0.5, 0.6) is 0 Å². The average Bonchev–Trinajstić information content (AvgIpc) is 2.91. The van der Waals surface area contributed by atoms with Crippen molar-refractivity contribution in [2.75, 3.05) is 44.2 Å². The molecule has 2 aliphatic heterocycles. The number of hydrogen-bond donors (Lipinski definition) is 0. The number of amides is 1. The molecular formula is C26H31N5O4S. The Morgan fingerprint density at radius 1 is 0.972 bits per heavy atom. The molecule has 0 aliphatic carbocycles. The minimum atomic E-state index is -3.70. The number of fused-ring (bicyclic) bond motifs is 1. The van der Waals surface area contributed by atoms with Crippen molar-refractivity contribution in [2.45, 2.75) is 31.2 Å². The number of carbonyl (C=O) groups excluding carboxylic acids is 1. The van der Waals surface area contributed by atoms with E-state index < -0.39 is 15.6 Å². The lowest BCUT2D eigenvalue weighted by molar-refractivity contribution is -0.132. The van der Waals surface area contributed by atoms with Gasteiger partial charge in [-0.3, -0.25) is 14.2 Å². The Balaban J connectivity index is 1.31. The van der Waals surface area contributed by atoms with Crippen molar-refractivity contribution in [3.05, 3.63) is 65.2 Å². The summed E-state index contributed by atoms with van der Waals surface area (Å²) in [4.78, 5) is 34.6. The molecule has 1 aromatic heterocycles. The fourth-order valence-electron chi connectivity index (χ4n) is 4.88. The van der Waals surface area contributed by atoms with E-state index in [0.29, 0.717) is 37.6 Å². The summed E-state index contributed by atoms with van der Waals surface area (Å²) < 4.78 is 29.1. The number of para-hydroxylation sites is 1. The zero-order valence-corrected chi connectivity index (χ0v) is 21.2. The smallest absolute Gasteiger partial charge is 0.261 e. The van der Waals surface area contributed by atoms with Crippen LogP contribution >= 0.6 is 0 Å². The Morgan fingerprint density at radius 2 is 1.67 bits per heavy atom. The van der Waals surface area contributed by atoms with E-state index in [1.165, 1.54) is 27.3 Å². The maximum absolute atomic E-state index is 13.2. The first-order valence-corrected chi connectivity index (χ1v) is 13.8. The maximum Gasteiger partial charge on any atom is 0.261 e. The monoisotopic (exact) mass is 509 g/mol. The molecule has 5 rings (SSSR count). The fraction of sp³-hybridized carbons (Fsp3) is 0.423. The van der Waals surface area contributed by atoms with Gasteiger partial charge in [0.05, 0.1) is 22.1 Å². The fourth-order valence-corrected chi connectivity index (χ4v) is 6.38. The number of benzene rings is 2. The van der Waals surface area contributed by atoms with Crippen LogP contribution in [0.4, 0.5) is 5.69 Å². The number of piperazine rings is 1. The molecule has 3 heterocycles. The van der Waals surface area contributed by atoms with Crippen LogP contribution in [0.3, 0.4) is 0 Å². The van der Waals surface area contributed by atoms with Crippen LogP contribution in [-0.2, 0) is 21.4 Å². The normalized spacial score (nSPS) is 18.0. The van der Waals surface area contributed by atoms with Crippen molar-refractivity contribution < 1.29 is 13.2 Å². The van der Waals surface area contributed by atoms with E-state index in [0.717, 1.165) is 31.6 Å². The summed E-state index contributed by atoms with van der Waals surface area (Å²) in [5.41, 5.74) is 1.12. The van der Waals surface area contributed by atoms with Crippen LogP contribution < -0.4 is 10.5 Å². The molecule has 0 spiro atoms. The molecule has 0 radical (unpaired) electrons. The van der Waals surface area contributed by atoms with Crippen molar-refractivity contribution in [3.63, 3.8) is 0 Å². The highest BCUT2D eigenvalue weighted by Gasteiger charge is 2.29. The Morgan fingerprint density at radius 3 is 2.36 bits per heavy atom. The van der Waals surface area contributed by atoms with Crippen LogP contribution in [0.15, 0.2) is 64.5 Å². The van der Waals surface area contributed by atoms with E-state index in [1.807, 2.05) is 18.2 Å². The number of sulfonamides is 1. The molecule has 2 fully saturated rings. The van der Waals surface area contributed by atoms with Gasteiger partial charge in [0.25, 0.3) is 5.56 Å². The number of rotatable bonds is 5. The highest BCUT2D eigenvalue weighted by Crippen LogP contribution is 2.25. The van der Waals surface area contributed by atoms with Gasteiger partial charge in [-0.05, 0) is 49.1 Å². The molecule has 0 atom stereocenters. The molecule has 36 heavy (non-hydrogen) atoms. The second kappa shape index (κ2) is 10.0. The minimum absolute atomic E-state index is 0.0876. The van der Waals surface area contributed by atoms with Gasteiger partial charge in [0.2, 0.25) is 15.9 Å². The highest BCUT2D eigenvalue weighted by atomic mass is 32.2. The average molecular weight is 510 g/mol. The predicted molar refractivity (Wildman–Crippen MR) is 138 cm³/mol. The van der Waals surface area contributed by atoms with Crippen molar-refractivity contribution in [1.29, 1.82) is 0 Å². The van der Waals surface area contributed by atoms with Gasteiger partial charge >= 0.3 is 0 Å². The van der Waals surface area contributed by atoms with E-state index in [4.69, 9.17) is 0 Å². The third-order valence-electron chi connectivity index (χ3n) is 7.24. The molecule has 2 aliphatic rings. The molecule has 0 N–H and O–H groups in total. The quantitative estimate of drug-likeness (QED) is 0.523. The number of hydrogen-bond acceptors (Lipinski definition) is 6. The van der Waals surface area contributed by atoms with E-state index in [9.17, 15) is 18.0 Å². The van der Waals surface area contributed by atoms with Crippen LogP contribution in [0.2, 0.25) is 0 Å². The molecule has 9 nitrogen and oxygen atoms in total. The Hall–Kier alpha value is -3.24. The van der Waals surface area contributed by atoms with Gasteiger partial charge in [-0.15, -0.1) is 0 Å². The van der Waals surface area contributed by atoms with Gasteiger partial charge in [0, 0.05) is 45.0 Å². The van der Waals surface area contributed by atoms with Gasteiger partial charge in [-0.2, -0.15) is 4.31 Å². The lowest BCUT2D eigenvalue weighted by Crippen LogP contribution is -2.50. The third kappa shape index (κ3) is 4.87. The Labute approximate surface area is 211 Å². The zero-order valence-electron chi connectivity index (χ0n) is 20.4. The Bertz CT molecular complexity index is 1410. The van der Waals surface area contributed by atoms with Crippen molar-refractivity contribution >= 4 is 32.5 Å². The molecule has 3 aromatic rings. The second-order valence-corrected chi connectivity index (χ2v) is 11.6. The van der Waals surface area contributed by atoms with Gasteiger partial charge in [-0.1, -0.05) is 25.1 Å². The summed E-state index contributed by atoms with van der Waals surface area (Å²) in [5, 5.41) is 0.200. The number of carbonyl (C=O) groups is 1. The molecular weight excluding hydrogens is 478 g/mol. The van der Waals surface area contributed by atoms with Gasteiger partial charge < -0.3 is 9.80 Å². The number of anilines is 1. The largest absolute Gasteiger partial charge is 0.368 e. The molecule has 2 saturated heterocycles. The first-order chi connectivity index (χ1) is 17.3. The zero-order chi connectivity index (χ0) is 25.3. The SMILES string of the molecule is CC1CCN(S(=O)(=O)c2ccc3ncn(CC(=O)N4CCN(c5ccccc5)CC4)c(=O)c3c2)CC1. The first kappa shape index (κ1) is 24.5. The highest BCUT2D eigenvalue weighted by molar-refractivity contribution is 7.89. The molecule has 190 valence electrons. The molecule has 1 amide bonds. The minimum Gasteiger partial charge on any atom is -0.368 e. The van der Waals surface area contributed by atoms with Crippen molar-refractivity contribution in [3.8, 4) is 0 Å². The van der Waals surface area contributed by atoms with E-state index in [2.05, 4.69) is 28.9 Å². The summed E-state index contributed by atoms with van der Waals surface area (Å²) in [6, 6.07) is 14.5. The number of aromatic nitrogens is 2. The summed E-state index contributed by atoms with van der Waals surface area (Å²) >= 11 is 0. The molecule has 2 aromatic carbocycles. The molecule has 0 unspecified atom stereocenters. The number of piperidine rings is 1. The van der Waals surface area contributed by atoms with Crippen molar-refractivity contribution in [1.82, 2.24) is 18.8 Å². The van der Waals surface area contributed by atoms with Gasteiger partial charge in [0.15, 0.2) is 0 Å². The molecule has 10 heteroatoms. The van der Waals surface area contributed by atoms with Crippen molar-refractivity contribution in [2.24, 2.45) is 5.92 Å². The molecule has 0 saturated carbocycles. The Kier molecular flexibility index (Phi) is 6.81. The summed E-state index contributed by atoms with van der Waals surface area (Å²) in [6.07, 6.45) is 3.01. The van der Waals surface area contributed by atoms with E-state index >= 15 is 0 Å². The predicted octanol–water partition coefficient (Wildman–Crippen LogP) is 2.17. The lowest BCUT2D eigenvalue weighted by atomic mass is 10.0. The first-order valence-electron chi connectivity index (χ1n) is 12.4. The summed E-state index contributed by atoms with van der Waals surface area (Å²) in [6.45, 7) is 5.53. The maximum atomic E-state index is 13.2. The molecule has 0 bridgehead atoms.